The van der Waals surface area contributed by atoms with Gasteiger partial charge in [-0.3, -0.25) is 4.79 Å². The van der Waals surface area contributed by atoms with Crippen molar-refractivity contribution in [1.29, 1.82) is 0 Å². The molecule has 0 aliphatic heterocycles. The maximum absolute atomic E-state index is 10.4. The molecule has 0 saturated heterocycles. The Kier molecular flexibility index (Phi) is 3.71. The zero-order valence-corrected chi connectivity index (χ0v) is 5.33. The summed E-state index contributed by atoms with van der Waals surface area (Å²) in [6.45, 7) is 4.70. The molecule has 0 amide bonds. The minimum absolute atomic E-state index is 0.0199. The first-order chi connectivity index (χ1) is 4.16. The molecule has 0 aliphatic carbocycles. The summed E-state index contributed by atoms with van der Waals surface area (Å²) in [5, 5.41) is 8.61. The van der Waals surface area contributed by atoms with Gasteiger partial charge in [0.1, 0.15) is 0 Å². The molecule has 3 nitrogen and oxygen atoms in total. The van der Waals surface area contributed by atoms with Crippen LogP contribution in [0, 0.1) is 0 Å². The summed E-state index contributed by atoms with van der Waals surface area (Å²) < 4.78 is 4.32. The molecule has 0 saturated carbocycles. The van der Waals surface area contributed by atoms with E-state index in [1.807, 2.05) is 0 Å². The number of hydrogen-bond acceptors (Lipinski definition) is 3. The van der Waals surface area contributed by atoms with Gasteiger partial charge in [-0.1, -0.05) is 6.58 Å². The molecule has 9 heavy (non-hydrogen) atoms. The van der Waals surface area contributed by atoms with Crippen molar-refractivity contribution in [3.8, 4) is 0 Å². The quantitative estimate of drug-likeness (QED) is 0.445. The summed E-state index contributed by atoms with van der Waals surface area (Å²) in [5.41, 5.74) is 0. The molecule has 0 aromatic rings. The second-order valence-corrected chi connectivity index (χ2v) is 1.71. The number of ether oxygens (including phenoxy) is 1. The average molecular weight is 130 g/mol. The maximum atomic E-state index is 10.4. The van der Waals surface area contributed by atoms with Gasteiger partial charge in [-0.2, -0.15) is 0 Å². The summed E-state index contributed by atoms with van der Waals surface area (Å²) in [6, 6.07) is 0. The molecular weight excluding hydrogens is 120 g/mol. The van der Waals surface area contributed by atoms with Crippen molar-refractivity contribution in [2.24, 2.45) is 0 Å². The predicted octanol–water partition coefficient (Wildman–Crippen LogP) is 0.444. The molecule has 3 heteroatoms. The van der Waals surface area contributed by atoms with Gasteiger partial charge in [-0.15, -0.1) is 0 Å². The number of aliphatic hydroxyl groups excluding tert-OH is 1. The Morgan fingerprint density at radius 3 is 2.89 bits per heavy atom. The van der Waals surface area contributed by atoms with E-state index in [2.05, 4.69) is 11.3 Å². The van der Waals surface area contributed by atoms with E-state index in [-0.39, 0.29) is 6.42 Å². The zero-order chi connectivity index (χ0) is 7.28. The van der Waals surface area contributed by atoms with Gasteiger partial charge in [0.25, 0.3) is 0 Å². The first kappa shape index (κ1) is 8.17. The van der Waals surface area contributed by atoms with Crippen molar-refractivity contribution in [3.63, 3.8) is 0 Å². The van der Waals surface area contributed by atoms with E-state index in [0.29, 0.717) is 0 Å². The van der Waals surface area contributed by atoms with Gasteiger partial charge in [0, 0.05) is 0 Å². The van der Waals surface area contributed by atoms with Crippen LogP contribution in [-0.4, -0.2) is 17.2 Å². The Balaban J connectivity index is 3.38. The third-order valence-corrected chi connectivity index (χ3v) is 0.677. The lowest BCUT2D eigenvalue weighted by molar-refractivity contribution is -0.139. The fraction of sp³-hybridized carbons (Fsp3) is 0.500. The lowest BCUT2D eigenvalue weighted by Crippen LogP contribution is -2.09. The molecule has 0 spiro atoms. The normalized spacial score (nSPS) is 12.2. The highest BCUT2D eigenvalue weighted by Gasteiger charge is 2.04. The van der Waals surface area contributed by atoms with Crippen LogP contribution in [0.5, 0.6) is 0 Å². The van der Waals surface area contributed by atoms with Crippen LogP contribution in [-0.2, 0) is 9.53 Å². The maximum Gasteiger partial charge on any atom is 0.313 e. The van der Waals surface area contributed by atoms with Crippen LogP contribution in [0.25, 0.3) is 0 Å². The number of carbonyl (C=O) groups is 1. The number of carbonyl (C=O) groups excluding carboxylic acids is 1. The first-order valence-electron chi connectivity index (χ1n) is 2.65. The second-order valence-electron chi connectivity index (χ2n) is 1.71. The van der Waals surface area contributed by atoms with Gasteiger partial charge in [0.15, 0.2) is 0 Å². The van der Waals surface area contributed by atoms with Gasteiger partial charge in [0.05, 0.1) is 18.8 Å². The van der Waals surface area contributed by atoms with Crippen molar-refractivity contribution in [2.45, 2.75) is 19.4 Å². The molecular formula is C6H10O3. The lowest BCUT2D eigenvalue weighted by atomic mass is 10.3. The van der Waals surface area contributed by atoms with Crippen LogP contribution in [0.15, 0.2) is 12.8 Å². The Morgan fingerprint density at radius 1 is 2.00 bits per heavy atom. The van der Waals surface area contributed by atoms with E-state index in [1.54, 1.807) is 0 Å². The van der Waals surface area contributed by atoms with E-state index in [1.165, 1.54) is 6.92 Å². The highest BCUT2D eigenvalue weighted by molar-refractivity contribution is 5.70. The summed E-state index contributed by atoms with van der Waals surface area (Å²) in [7, 11) is 0. The summed E-state index contributed by atoms with van der Waals surface area (Å²) in [5.74, 6) is -0.458. The van der Waals surface area contributed by atoms with Crippen molar-refractivity contribution in [3.05, 3.63) is 12.8 Å². The molecule has 1 N–H and O–H groups in total. The summed E-state index contributed by atoms with van der Waals surface area (Å²) in [4.78, 5) is 10.4. The minimum Gasteiger partial charge on any atom is -0.435 e. The highest BCUT2D eigenvalue weighted by Crippen LogP contribution is 1.91. The van der Waals surface area contributed by atoms with Crippen LogP contribution >= 0.6 is 0 Å². The summed E-state index contributed by atoms with van der Waals surface area (Å²) >= 11 is 0. The fourth-order valence-corrected chi connectivity index (χ4v) is 0.382. The van der Waals surface area contributed by atoms with Gasteiger partial charge in [-0.05, 0) is 6.92 Å². The molecule has 0 radical (unpaired) electrons. The number of hydrogen-bond donors (Lipinski definition) is 1. The SMILES string of the molecule is C=COC(=O)C[C@@H](C)O. The second kappa shape index (κ2) is 4.09. The standard InChI is InChI=1S/C6H10O3/c1-3-9-6(8)4-5(2)7/h3,5,7H,1,4H2,2H3/t5-/m1/s1. The minimum atomic E-state index is -0.641. The van der Waals surface area contributed by atoms with Gasteiger partial charge < -0.3 is 9.84 Å². The van der Waals surface area contributed by atoms with Crippen LogP contribution in [0.4, 0.5) is 0 Å². The molecule has 0 aromatic heterocycles. The fourth-order valence-electron chi connectivity index (χ4n) is 0.382. The van der Waals surface area contributed by atoms with Crippen molar-refractivity contribution in [1.82, 2.24) is 0 Å². The zero-order valence-electron chi connectivity index (χ0n) is 5.33. The first-order valence-corrected chi connectivity index (χ1v) is 2.65. The molecule has 1 atom stereocenters. The predicted molar refractivity (Wildman–Crippen MR) is 32.6 cm³/mol. The molecule has 0 aliphatic rings. The van der Waals surface area contributed by atoms with E-state index >= 15 is 0 Å². The monoisotopic (exact) mass is 130 g/mol. The number of aliphatic hydroxyl groups is 1. The Bertz CT molecular complexity index is 107. The van der Waals surface area contributed by atoms with Crippen molar-refractivity contribution < 1.29 is 14.6 Å². The number of esters is 1. The molecule has 0 heterocycles. The Labute approximate surface area is 53.9 Å². The molecule has 0 aromatic carbocycles. The smallest absolute Gasteiger partial charge is 0.313 e. The van der Waals surface area contributed by atoms with Crippen LogP contribution in [0.3, 0.4) is 0 Å². The van der Waals surface area contributed by atoms with Gasteiger partial charge in [-0.25, -0.2) is 0 Å². The lowest BCUT2D eigenvalue weighted by Gasteiger charge is -1.99. The van der Waals surface area contributed by atoms with Crippen LogP contribution in [0.2, 0.25) is 0 Å². The molecule has 0 fully saturated rings. The van der Waals surface area contributed by atoms with E-state index in [0.717, 1.165) is 6.26 Å². The molecule has 52 valence electrons. The largest absolute Gasteiger partial charge is 0.435 e. The Hall–Kier alpha value is -0.830. The molecule has 0 rings (SSSR count). The number of rotatable bonds is 3. The van der Waals surface area contributed by atoms with E-state index < -0.39 is 12.1 Å². The average Bonchev–Trinajstić information content (AvgIpc) is 1.63. The van der Waals surface area contributed by atoms with Gasteiger partial charge >= 0.3 is 5.97 Å². The molecule has 0 unspecified atom stereocenters. The van der Waals surface area contributed by atoms with Gasteiger partial charge in [0.2, 0.25) is 0 Å². The van der Waals surface area contributed by atoms with E-state index in [4.69, 9.17) is 5.11 Å². The summed E-state index contributed by atoms with van der Waals surface area (Å²) in [6.07, 6.45) is 0.425. The highest BCUT2D eigenvalue weighted by atomic mass is 16.5. The van der Waals surface area contributed by atoms with Crippen LogP contribution < -0.4 is 0 Å². The van der Waals surface area contributed by atoms with Crippen LogP contribution in [0.1, 0.15) is 13.3 Å². The van der Waals surface area contributed by atoms with E-state index in [9.17, 15) is 4.79 Å². The third-order valence-electron chi connectivity index (χ3n) is 0.677. The third kappa shape index (κ3) is 5.03. The van der Waals surface area contributed by atoms with Crippen molar-refractivity contribution >= 4 is 5.97 Å². The molecule has 0 bridgehead atoms. The van der Waals surface area contributed by atoms with Crippen molar-refractivity contribution in [2.75, 3.05) is 0 Å². The Morgan fingerprint density at radius 2 is 2.56 bits per heavy atom. The topological polar surface area (TPSA) is 46.5 Å².